The number of fused-ring (bicyclic) bond motifs is 2. The van der Waals surface area contributed by atoms with Crippen molar-refractivity contribution in [3.05, 3.63) is 64.8 Å². The number of anilines is 4. The molecule has 5 heterocycles. The summed E-state index contributed by atoms with van der Waals surface area (Å²) in [5.41, 5.74) is 7.87. The van der Waals surface area contributed by atoms with E-state index in [-0.39, 0.29) is 0 Å². The van der Waals surface area contributed by atoms with Crippen LogP contribution in [0.1, 0.15) is 12.0 Å². The number of pyridine rings is 1. The highest BCUT2D eigenvalue weighted by atomic mass is 32.1. The molecule has 0 saturated heterocycles. The van der Waals surface area contributed by atoms with Crippen LogP contribution in [0.5, 0.6) is 0 Å². The molecular weight excluding hydrogens is 412 g/mol. The van der Waals surface area contributed by atoms with Crippen LogP contribution in [0.2, 0.25) is 0 Å². The van der Waals surface area contributed by atoms with Crippen LogP contribution in [0.3, 0.4) is 0 Å². The van der Waals surface area contributed by atoms with Gasteiger partial charge in [-0.3, -0.25) is 0 Å². The van der Waals surface area contributed by atoms with Gasteiger partial charge >= 0.3 is 0 Å². The highest BCUT2D eigenvalue weighted by Gasteiger charge is 2.28. The molecule has 0 saturated carbocycles. The zero-order valence-corrected chi connectivity index (χ0v) is 17.8. The number of hydrogen-bond donors (Lipinski definition) is 2. The van der Waals surface area contributed by atoms with Gasteiger partial charge in [-0.05, 0) is 36.3 Å². The maximum absolute atomic E-state index is 4.60. The second-order valence-electron chi connectivity index (χ2n) is 7.54. The summed E-state index contributed by atoms with van der Waals surface area (Å²) in [6.07, 6.45) is 8.12. The Morgan fingerprint density at radius 3 is 2.97 bits per heavy atom. The summed E-state index contributed by atoms with van der Waals surface area (Å²) in [5.74, 6) is 0.993. The standard InChI is InChI=1S/C22H20N6S2/c1-2-18-20(30-13-25-18)11-15(1)26-17-3-6-23-21-16(17)12-19(27-21)14-4-8-28(9-5-14)22-24-7-10-29-22/h1-4,6-7,10-11,13,19H,5,8-9,12H2,(H2,23,26,27). The predicted molar refractivity (Wildman–Crippen MR) is 125 cm³/mol. The second kappa shape index (κ2) is 7.37. The zero-order chi connectivity index (χ0) is 19.9. The van der Waals surface area contributed by atoms with Crippen LogP contribution >= 0.6 is 22.7 Å². The van der Waals surface area contributed by atoms with Gasteiger partial charge in [-0.15, -0.1) is 22.7 Å². The van der Waals surface area contributed by atoms with Crippen LogP contribution in [0.4, 0.5) is 22.3 Å². The Labute approximate surface area is 182 Å². The van der Waals surface area contributed by atoms with Gasteiger partial charge in [0.2, 0.25) is 0 Å². The Morgan fingerprint density at radius 2 is 2.10 bits per heavy atom. The molecule has 2 aliphatic rings. The zero-order valence-electron chi connectivity index (χ0n) is 16.2. The van der Waals surface area contributed by atoms with Gasteiger partial charge in [-0.1, -0.05) is 6.08 Å². The predicted octanol–water partition coefficient (Wildman–Crippen LogP) is 5.06. The van der Waals surface area contributed by atoms with E-state index in [1.807, 2.05) is 23.3 Å². The average molecular weight is 433 g/mol. The van der Waals surface area contributed by atoms with Crippen molar-refractivity contribution in [1.29, 1.82) is 0 Å². The molecular formula is C22H20N6S2. The fraction of sp³-hybridized carbons (Fsp3) is 0.227. The normalized spacial score (nSPS) is 18.2. The quantitative estimate of drug-likeness (QED) is 0.439. The van der Waals surface area contributed by atoms with Gasteiger partial charge in [0.05, 0.1) is 21.8 Å². The first kappa shape index (κ1) is 17.9. The van der Waals surface area contributed by atoms with E-state index in [0.29, 0.717) is 6.04 Å². The molecule has 0 aliphatic carbocycles. The smallest absolute Gasteiger partial charge is 0.185 e. The molecule has 30 heavy (non-hydrogen) atoms. The van der Waals surface area contributed by atoms with Crippen molar-refractivity contribution >= 4 is 55.2 Å². The van der Waals surface area contributed by atoms with E-state index >= 15 is 0 Å². The molecule has 150 valence electrons. The Bertz CT molecular complexity index is 1230. The van der Waals surface area contributed by atoms with Crippen molar-refractivity contribution in [2.45, 2.75) is 18.9 Å². The monoisotopic (exact) mass is 432 g/mol. The van der Waals surface area contributed by atoms with Crippen LogP contribution in [-0.4, -0.2) is 34.1 Å². The summed E-state index contributed by atoms with van der Waals surface area (Å²) < 4.78 is 1.19. The lowest BCUT2D eigenvalue weighted by atomic mass is 9.97. The molecule has 6 nitrogen and oxygen atoms in total. The van der Waals surface area contributed by atoms with Gasteiger partial charge in [0, 0.05) is 54.2 Å². The summed E-state index contributed by atoms with van der Waals surface area (Å²) in [4.78, 5) is 15.7. The lowest BCUT2D eigenvalue weighted by molar-refractivity contribution is 0.717. The molecule has 3 aromatic heterocycles. The van der Waals surface area contributed by atoms with Crippen LogP contribution in [-0.2, 0) is 6.42 Å². The van der Waals surface area contributed by atoms with Crippen molar-refractivity contribution in [2.24, 2.45) is 0 Å². The minimum absolute atomic E-state index is 0.317. The van der Waals surface area contributed by atoms with Crippen LogP contribution in [0, 0.1) is 0 Å². The van der Waals surface area contributed by atoms with Gasteiger partial charge < -0.3 is 15.5 Å². The number of aromatic nitrogens is 3. The lowest BCUT2D eigenvalue weighted by Crippen LogP contribution is -2.32. The molecule has 1 unspecified atom stereocenters. The van der Waals surface area contributed by atoms with Crippen molar-refractivity contribution in [2.75, 3.05) is 28.6 Å². The summed E-state index contributed by atoms with van der Waals surface area (Å²) >= 11 is 3.37. The summed E-state index contributed by atoms with van der Waals surface area (Å²) in [7, 11) is 0. The molecule has 0 bridgehead atoms. The third-order valence-corrected chi connectivity index (χ3v) is 7.39. The molecule has 0 radical (unpaired) electrons. The fourth-order valence-electron chi connectivity index (χ4n) is 4.22. The SMILES string of the molecule is C1=C(C2Cc3c(Nc4ccc5ncsc5c4)ccnc3N2)CCN(c2nccs2)C1. The molecule has 4 aromatic rings. The first-order chi connectivity index (χ1) is 14.8. The Kier molecular flexibility index (Phi) is 4.39. The van der Waals surface area contributed by atoms with Gasteiger partial charge in [-0.2, -0.15) is 0 Å². The summed E-state index contributed by atoms with van der Waals surface area (Å²) in [5, 5.41) is 10.4. The van der Waals surface area contributed by atoms with Crippen molar-refractivity contribution < 1.29 is 0 Å². The largest absolute Gasteiger partial charge is 0.363 e. The molecule has 0 fully saturated rings. The third kappa shape index (κ3) is 3.22. The third-order valence-electron chi connectivity index (χ3n) is 5.77. The highest BCUT2D eigenvalue weighted by Crippen LogP contribution is 2.36. The molecule has 0 spiro atoms. The number of rotatable bonds is 4. The maximum Gasteiger partial charge on any atom is 0.185 e. The molecule has 2 N–H and O–H groups in total. The minimum Gasteiger partial charge on any atom is -0.363 e. The van der Waals surface area contributed by atoms with E-state index in [2.05, 4.69) is 60.8 Å². The van der Waals surface area contributed by atoms with E-state index in [1.165, 1.54) is 15.8 Å². The maximum atomic E-state index is 4.60. The first-order valence-corrected chi connectivity index (χ1v) is 11.8. The number of nitrogens with one attached hydrogen (secondary N) is 2. The number of nitrogens with zero attached hydrogens (tertiary/aromatic N) is 4. The van der Waals surface area contributed by atoms with Crippen molar-refractivity contribution in [1.82, 2.24) is 15.0 Å². The van der Waals surface area contributed by atoms with Gasteiger partial charge in [0.15, 0.2) is 5.13 Å². The average Bonchev–Trinajstić information content (AvgIpc) is 3.53. The van der Waals surface area contributed by atoms with Gasteiger partial charge in [-0.25, -0.2) is 15.0 Å². The minimum atomic E-state index is 0.317. The highest BCUT2D eigenvalue weighted by molar-refractivity contribution is 7.16. The Morgan fingerprint density at radius 1 is 1.10 bits per heavy atom. The van der Waals surface area contributed by atoms with Crippen LogP contribution in [0.15, 0.2) is 59.2 Å². The molecule has 8 heteroatoms. The van der Waals surface area contributed by atoms with Crippen LogP contribution < -0.4 is 15.5 Å². The summed E-state index contributed by atoms with van der Waals surface area (Å²) in [6, 6.07) is 8.71. The second-order valence-corrected chi connectivity index (χ2v) is 9.30. The van der Waals surface area contributed by atoms with E-state index in [0.717, 1.165) is 53.8 Å². The lowest BCUT2D eigenvalue weighted by Gasteiger charge is -2.28. The topological polar surface area (TPSA) is 66.0 Å². The van der Waals surface area contributed by atoms with E-state index in [9.17, 15) is 0 Å². The molecule has 1 aromatic carbocycles. The number of benzene rings is 1. The van der Waals surface area contributed by atoms with Crippen molar-refractivity contribution in [3.63, 3.8) is 0 Å². The number of hydrogen-bond acceptors (Lipinski definition) is 8. The van der Waals surface area contributed by atoms with E-state index in [4.69, 9.17) is 0 Å². The van der Waals surface area contributed by atoms with E-state index in [1.54, 1.807) is 22.7 Å². The van der Waals surface area contributed by atoms with Crippen molar-refractivity contribution in [3.8, 4) is 0 Å². The Hall–Kier alpha value is -2.97. The summed E-state index contributed by atoms with van der Waals surface area (Å²) in [6.45, 7) is 1.94. The van der Waals surface area contributed by atoms with Gasteiger partial charge in [0.1, 0.15) is 5.82 Å². The Balaban J connectivity index is 1.20. The van der Waals surface area contributed by atoms with Gasteiger partial charge in [0.25, 0.3) is 0 Å². The molecule has 6 rings (SSSR count). The van der Waals surface area contributed by atoms with E-state index < -0.39 is 0 Å². The van der Waals surface area contributed by atoms with Crippen LogP contribution in [0.25, 0.3) is 10.2 Å². The molecule has 2 aliphatic heterocycles. The number of thiazole rings is 2. The first-order valence-electron chi connectivity index (χ1n) is 10.0. The fourth-order valence-corrected chi connectivity index (χ4v) is 5.62. The molecule has 0 amide bonds. The molecule has 1 atom stereocenters.